The van der Waals surface area contributed by atoms with Gasteiger partial charge in [-0.3, -0.25) is 13.7 Å². The van der Waals surface area contributed by atoms with Gasteiger partial charge in [-0.1, -0.05) is 186 Å². The second-order valence-corrected chi connectivity index (χ2v) is 18.4. The molecule has 8 aromatic carbocycles. The van der Waals surface area contributed by atoms with Gasteiger partial charge >= 0.3 is 0 Å². The van der Waals surface area contributed by atoms with Gasteiger partial charge in [-0.25, -0.2) is 4.98 Å². The molecule has 0 radical (unpaired) electrons. The van der Waals surface area contributed by atoms with Gasteiger partial charge in [-0.2, -0.15) is 0 Å². The van der Waals surface area contributed by atoms with Crippen molar-refractivity contribution in [2.75, 3.05) is 0 Å². The predicted octanol–water partition coefficient (Wildman–Crippen LogP) is 15.4. The Bertz CT molecular complexity index is 3500. The van der Waals surface area contributed by atoms with E-state index in [4.69, 9.17) is 9.72 Å². The quantitative estimate of drug-likeness (QED) is 0.107. The maximum absolute atomic E-state index is 6.80. The lowest BCUT2D eigenvalue weighted by atomic mass is 9.85. The summed E-state index contributed by atoms with van der Waals surface area (Å²) in [4.78, 5) is 5.18. The van der Waals surface area contributed by atoms with Crippen molar-refractivity contribution in [2.24, 2.45) is 0 Å². The maximum atomic E-state index is 6.80. The summed E-state index contributed by atoms with van der Waals surface area (Å²) in [6.07, 6.45) is 5.85. The van der Waals surface area contributed by atoms with Crippen LogP contribution in [0.4, 0.5) is 0 Å². The van der Waals surface area contributed by atoms with Crippen LogP contribution < -0.4 is 9.30 Å². The van der Waals surface area contributed by atoms with E-state index in [9.17, 15) is 0 Å². The molecule has 5 heteroatoms. The molecule has 0 amide bonds. The van der Waals surface area contributed by atoms with E-state index in [1.54, 1.807) is 0 Å². The minimum Gasteiger partial charge on any atom is -0.458 e. The second kappa shape index (κ2) is 16.5. The molecule has 0 saturated carbocycles. The standard InChI is InChI=1S/C61H50N4O/c1-41(2)53-38-59(62-39-54(53)44-30-32-45(33-31-44)61(3,4)5)65-55-27-13-12-24-51(55)52-35-34-48(37-58(52)65)66-47-23-16-22-46(36-47)63-40-64(57-29-15-14-28-56(57)63)60-49(42-18-8-6-9-19-42)25-17-26-50(60)43-20-10-7-11-21-43/h6-39,41H,1-5H3. The van der Waals surface area contributed by atoms with Crippen LogP contribution in [0.2, 0.25) is 0 Å². The molecule has 66 heavy (non-hydrogen) atoms. The first-order chi connectivity index (χ1) is 32.2. The van der Waals surface area contributed by atoms with Crippen LogP contribution in [0.15, 0.2) is 206 Å². The summed E-state index contributed by atoms with van der Waals surface area (Å²) in [5.41, 5.74) is 15.8. The van der Waals surface area contributed by atoms with E-state index in [1.807, 2.05) is 6.07 Å². The van der Waals surface area contributed by atoms with Gasteiger partial charge in [0.2, 0.25) is 0 Å². The Morgan fingerprint density at radius 1 is 0.530 bits per heavy atom. The number of nitrogens with zero attached hydrogens (tertiary/aromatic N) is 4. The first kappa shape index (κ1) is 40.7. The molecule has 0 N–H and O–H groups in total. The molecular formula is C61H50N4O. The number of imidazole rings is 1. The molecule has 11 rings (SSSR count). The lowest BCUT2D eigenvalue weighted by molar-refractivity contribution is -0.571. The number of ether oxygens (including phenoxy) is 1. The molecule has 0 atom stereocenters. The van der Waals surface area contributed by atoms with Crippen LogP contribution >= 0.6 is 0 Å². The maximum Gasteiger partial charge on any atom is 0.269 e. The van der Waals surface area contributed by atoms with Crippen LogP contribution in [0, 0.1) is 6.33 Å². The van der Waals surface area contributed by atoms with E-state index < -0.39 is 0 Å². The number of fused-ring (bicyclic) bond motifs is 4. The van der Waals surface area contributed by atoms with E-state index in [1.165, 1.54) is 22.1 Å². The molecule has 3 aromatic heterocycles. The van der Waals surface area contributed by atoms with Gasteiger partial charge in [0.05, 0.1) is 33.4 Å². The van der Waals surface area contributed by atoms with E-state index >= 15 is 0 Å². The first-order valence-corrected chi connectivity index (χ1v) is 22.8. The third-order valence-corrected chi connectivity index (χ3v) is 12.8. The summed E-state index contributed by atoms with van der Waals surface area (Å²) < 4.78 is 13.4. The summed E-state index contributed by atoms with van der Waals surface area (Å²) in [5.74, 6) is 2.64. The molecule has 0 aliphatic heterocycles. The largest absolute Gasteiger partial charge is 0.458 e. The van der Waals surface area contributed by atoms with Gasteiger partial charge in [0, 0.05) is 28.6 Å². The lowest BCUT2D eigenvalue weighted by Crippen LogP contribution is -2.31. The summed E-state index contributed by atoms with van der Waals surface area (Å²) in [5, 5.41) is 2.31. The third kappa shape index (κ3) is 7.33. The molecule has 0 saturated heterocycles. The zero-order valence-electron chi connectivity index (χ0n) is 37.9. The molecule has 0 fully saturated rings. The molecule has 0 bridgehead atoms. The lowest BCUT2D eigenvalue weighted by Gasteiger charge is -2.20. The van der Waals surface area contributed by atoms with Crippen LogP contribution in [-0.2, 0) is 5.41 Å². The minimum atomic E-state index is 0.0900. The average molecular weight is 855 g/mol. The van der Waals surface area contributed by atoms with Crippen molar-refractivity contribution < 1.29 is 9.30 Å². The smallest absolute Gasteiger partial charge is 0.269 e. The Hall–Kier alpha value is -8.02. The third-order valence-electron chi connectivity index (χ3n) is 12.8. The molecule has 0 aliphatic rings. The number of rotatable bonds is 9. The van der Waals surface area contributed by atoms with E-state index in [0.29, 0.717) is 0 Å². The number of aromatic nitrogens is 4. The van der Waals surface area contributed by atoms with E-state index in [-0.39, 0.29) is 11.3 Å². The zero-order chi connectivity index (χ0) is 44.9. The van der Waals surface area contributed by atoms with Crippen molar-refractivity contribution in [1.82, 2.24) is 14.1 Å². The Balaban J connectivity index is 0.991. The van der Waals surface area contributed by atoms with Crippen LogP contribution in [0.1, 0.15) is 51.7 Å². The average Bonchev–Trinajstić information content (AvgIpc) is 3.90. The number of pyridine rings is 1. The monoisotopic (exact) mass is 854 g/mol. The van der Waals surface area contributed by atoms with Crippen LogP contribution in [-0.4, -0.2) is 14.1 Å². The first-order valence-electron chi connectivity index (χ1n) is 22.8. The summed E-state index contributed by atoms with van der Waals surface area (Å²) in [6, 6.07) is 70.8. The molecule has 320 valence electrons. The van der Waals surface area contributed by atoms with Crippen molar-refractivity contribution in [3.8, 4) is 62.1 Å². The topological polar surface area (TPSA) is 35.9 Å². The molecule has 5 nitrogen and oxygen atoms in total. The number of hydrogen-bond donors (Lipinski definition) is 0. The highest BCUT2D eigenvalue weighted by molar-refractivity contribution is 6.09. The highest BCUT2D eigenvalue weighted by atomic mass is 16.5. The van der Waals surface area contributed by atoms with E-state index in [2.05, 4.69) is 255 Å². The van der Waals surface area contributed by atoms with Crippen molar-refractivity contribution >= 4 is 32.8 Å². The van der Waals surface area contributed by atoms with Gasteiger partial charge in [-0.15, -0.1) is 0 Å². The molecule has 0 aliphatic carbocycles. The van der Waals surface area contributed by atoms with Gasteiger partial charge in [0.25, 0.3) is 6.33 Å². The van der Waals surface area contributed by atoms with Crippen LogP contribution in [0.5, 0.6) is 11.5 Å². The van der Waals surface area contributed by atoms with Gasteiger partial charge < -0.3 is 4.74 Å². The number of hydrogen-bond acceptors (Lipinski definition) is 2. The van der Waals surface area contributed by atoms with Gasteiger partial charge in [0.15, 0.2) is 0 Å². The number of para-hydroxylation sites is 4. The predicted molar refractivity (Wildman–Crippen MR) is 271 cm³/mol. The van der Waals surface area contributed by atoms with Gasteiger partial charge in [-0.05, 0) is 92.7 Å². The minimum absolute atomic E-state index is 0.0900. The van der Waals surface area contributed by atoms with Crippen molar-refractivity contribution in [3.05, 3.63) is 224 Å². The molecule has 11 aromatic rings. The Kier molecular flexibility index (Phi) is 10.2. The second-order valence-electron chi connectivity index (χ2n) is 18.4. The van der Waals surface area contributed by atoms with Gasteiger partial charge in [0.1, 0.15) is 17.3 Å². The molecule has 0 unspecified atom stereocenters. The fraction of sp³-hybridized carbons (Fsp3) is 0.115. The van der Waals surface area contributed by atoms with Crippen molar-refractivity contribution in [2.45, 2.75) is 46.0 Å². The fourth-order valence-corrected chi connectivity index (χ4v) is 9.44. The number of benzene rings is 8. The SMILES string of the molecule is CC(C)c1cc(-n2c3ccccc3c3ccc(Oc4cccc(-n5[c-][n+](-c6c(-c7ccccc7)cccc6-c6ccccc6)c6ccccc65)c4)cc32)ncc1-c1ccc(C(C)(C)C)cc1. The zero-order valence-corrected chi connectivity index (χ0v) is 37.9. The van der Waals surface area contributed by atoms with Crippen LogP contribution in [0.3, 0.4) is 0 Å². The highest BCUT2D eigenvalue weighted by Crippen LogP contribution is 2.39. The molecule has 0 spiro atoms. The summed E-state index contributed by atoms with van der Waals surface area (Å²) in [7, 11) is 0. The molecular weight excluding hydrogens is 805 g/mol. The molecule has 3 heterocycles. The fourth-order valence-electron chi connectivity index (χ4n) is 9.44. The van der Waals surface area contributed by atoms with E-state index in [0.717, 1.165) is 84.0 Å². The Morgan fingerprint density at radius 2 is 1.14 bits per heavy atom. The Labute approximate surface area is 386 Å². The summed E-state index contributed by atoms with van der Waals surface area (Å²) in [6.45, 7) is 11.3. The highest BCUT2D eigenvalue weighted by Gasteiger charge is 2.21. The Morgan fingerprint density at radius 3 is 1.83 bits per heavy atom. The normalized spacial score (nSPS) is 11.8. The van der Waals surface area contributed by atoms with Crippen molar-refractivity contribution in [3.63, 3.8) is 0 Å². The summed E-state index contributed by atoms with van der Waals surface area (Å²) >= 11 is 0. The van der Waals surface area contributed by atoms with Crippen molar-refractivity contribution in [1.29, 1.82) is 0 Å². The van der Waals surface area contributed by atoms with Crippen LogP contribution in [0.25, 0.3) is 83.4 Å².